The van der Waals surface area contributed by atoms with Crippen LogP contribution in [0.1, 0.15) is 22.5 Å². The Hall–Kier alpha value is -1.72. The molecule has 20 heavy (non-hydrogen) atoms. The lowest BCUT2D eigenvalue weighted by molar-refractivity contribution is 0.316. The highest BCUT2D eigenvalue weighted by molar-refractivity contribution is 7.80. The summed E-state index contributed by atoms with van der Waals surface area (Å²) in [5.41, 5.74) is 7.92. The minimum Gasteiger partial charge on any atom is -0.469 e. The van der Waals surface area contributed by atoms with E-state index in [0.29, 0.717) is 12.1 Å². The molecule has 2 N–H and O–H groups in total. The molecule has 0 aliphatic rings. The first-order valence-electron chi connectivity index (χ1n) is 6.27. The van der Waals surface area contributed by atoms with Crippen molar-refractivity contribution in [3.8, 4) is 0 Å². The average molecular weight is 292 g/mol. The van der Waals surface area contributed by atoms with Crippen LogP contribution in [0.2, 0.25) is 0 Å². The third-order valence-electron chi connectivity index (χ3n) is 3.16. The molecular formula is C15H17FN2OS. The Morgan fingerprint density at radius 3 is 2.70 bits per heavy atom. The van der Waals surface area contributed by atoms with Crippen molar-refractivity contribution < 1.29 is 8.81 Å². The van der Waals surface area contributed by atoms with Crippen LogP contribution in [0.25, 0.3) is 0 Å². The van der Waals surface area contributed by atoms with Crippen LogP contribution in [0.5, 0.6) is 0 Å². The van der Waals surface area contributed by atoms with Gasteiger partial charge in [0.1, 0.15) is 16.6 Å². The number of hydrogen-bond acceptors (Lipinski definition) is 3. The normalized spacial score (nSPS) is 11.0. The van der Waals surface area contributed by atoms with E-state index in [1.165, 1.54) is 6.07 Å². The lowest BCUT2D eigenvalue weighted by Crippen LogP contribution is -2.18. The predicted octanol–water partition coefficient (Wildman–Crippen LogP) is 2.99. The zero-order valence-electron chi connectivity index (χ0n) is 11.5. The lowest BCUT2D eigenvalue weighted by atomic mass is 10.1. The highest BCUT2D eigenvalue weighted by Gasteiger charge is 2.09. The van der Waals surface area contributed by atoms with E-state index in [1.807, 2.05) is 20.0 Å². The summed E-state index contributed by atoms with van der Waals surface area (Å²) in [5, 5.41) is 0. The Morgan fingerprint density at radius 1 is 1.35 bits per heavy atom. The fourth-order valence-electron chi connectivity index (χ4n) is 2.09. The van der Waals surface area contributed by atoms with Gasteiger partial charge in [0.25, 0.3) is 0 Å². The molecule has 1 aromatic heterocycles. The van der Waals surface area contributed by atoms with Gasteiger partial charge < -0.3 is 10.2 Å². The molecule has 0 unspecified atom stereocenters. The van der Waals surface area contributed by atoms with Crippen LogP contribution in [0.3, 0.4) is 0 Å². The molecule has 1 aromatic carbocycles. The molecule has 0 spiro atoms. The van der Waals surface area contributed by atoms with E-state index in [0.717, 1.165) is 23.4 Å². The van der Waals surface area contributed by atoms with E-state index >= 15 is 0 Å². The number of hydrogen-bond donors (Lipinski definition) is 1. The first-order chi connectivity index (χ1) is 9.47. The summed E-state index contributed by atoms with van der Waals surface area (Å²) in [7, 11) is 2.00. The molecule has 0 saturated heterocycles. The fraction of sp³-hybridized carbons (Fsp3) is 0.267. The van der Waals surface area contributed by atoms with Crippen molar-refractivity contribution in [2.45, 2.75) is 20.0 Å². The van der Waals surface area contributed by atoms with Crippen molar-refractivity contribution >= 4 is 17.2 Å². The van der Waals surface area contributed by atoms with Gasteiger partial charge in [-0.1, -0.05) is 18.3 Å². The first-order valence-corrected chi connectivity index (χ1v) is 6.68. The van der Waals surface area contributed by atoms with E-state index in [4.69, 9.17) is 22.4 Å². The maximum absolute atomic E-state index is 13.5. The minimum atomic E-state index is -0.380. The summed E-state index contributed by atoms with van der Waals surface area (Å²) in [5.74, 6) is 0.536. The molecule has 0 atom stereocenters. The quantitative estimate of drug-likeness (QED) is 0.860. The van der Waals surface area contributed by atoms with Crippen LogP contribution < -0.4 is 5.73 Å². The molecule has 2 aromatic rings. The summed E-state index contributed by atoms with van der Waals surface area (Å²) in [4.78, 5) is 2.20. The molecule has 0 fully saturated rings. The summed E-state index contributed by atoms with van der Waals surface area (Å²) in [6.07, 6.45) is 1.68. The standard InChI is InChI=1S/C15H17FN2OS/c1-10-12(5-6-19-10)9-18(2)8-11-3-4-14(16)13(7-11)15(17)20/h3-7H,8-9H2,1-2H3,(H2,17,20). The maximum Gasteiger partial charge on any atom is 0.133 e. The Morgan fingerprint density at radius 2 is 2.10 bits per heavy atom. The number of benzene rings is 1. The molecule has 1 heterocycles. The monoisotopic (exact) mass is 292 g/mol. The van der Waals surface area contributed by atoms with Gasteiger partial charge in [-0.25, -0.2) is 4.39 Å². The van der Waals surface area contributed by atoms with Crippen molar-refractivity contribution in [3.05, 3.63) is 58.8 Å². The molecule has 0 radical (unpaired) electrons. The number of thiocarbonyl (C=S) groups is 1. The molecular weight excluding hydrogens is 275 g/mol. The van der Waals surface area contributed by atoms with E-state index in [1.54, 1.807) is 18.4 Å². The smallest absolute Gasteiger partial charge is 0.133 e. The number of halogens is 1. The van der Waals surface area contributed by atoms with Crippen molar-refractivity contribution in [2.24, 2.45) is 5.73 Å². The second-order valence-corrected chi connectivity index (χ2v) is 5.29. The SMILES string of the molecule is Cc1occc1CN(C)Cc1ccc(F)c(C(N)=S)c1. The van der Waals surface area contributed by atoms with Crippen molar-refractivity contribution in [1.29, 1.82) is 0 Å². The van der Waals surface area contributed by atoms with E-state index in [9.17, 15) is 4.39 Å². The second kappa shape index (κ2) is 6.15. The average Bonchev–Trinajstić information content (AvgIpc) is 2.77. The van der Waals surface area contributed by atoms with Crippen molar-refractivity contribution in [2.75, 3.05) is 7.05 Å². The minimum absolute atomic E-state index is 0.0812. The number of nitrogens with two attached hydrogens (primary N) is 1. The van der Waals surface area contributed by atoms with E-state index < -0.39 is 0 Å². The molecule has 106 valence electrons. The summed E-state index contributed by atoms with van der Waals surface area (Å²) < 4.78 is 18.8. The zero-order valence-corrected chi connectivity index (χ0v) is 12.3. The van der Waals surface area contributed by atoms with Crippen LogP contribution >= 0.6 is 12.2 Å². The van der Waals surface area contributed by atoms with E-state index in [-0.39, 0.29) is 10.8 Å². The first kappa shape index (κ1) is 14.7. The Labute approximate surface area is 123 Å². The van der Waals surface area contributed by atoms with Crippen LogP contribution in [0.15, 0.2) is 34.9 Å². The Kier molecular flexibility index (Phi) is 4.52. The van der Waals surface area contributed by atoms with Gasteiger partial charge in [-0.15, -0.1) is 0 Å². The van der Waals surface area contributed by atoms with Crippen LogP contribution in [0.4, 0.5) is 4.39 Å². The molecule has 0 aliphatic heterocycles. The molecule has 0 bridgehead atoms. The van der Waals surface area contributed by atoms with Gasteiger partial charge in [-0.2, -0.15) is 0 Å². The van der Waals surface area contributed by atoms with Gasteiger partial charge in [-0.05, 0) is 37.7 Å². The van der Waals surface area contributed by atoms with Gasteiger partial charge in [0.2, 0.25) is 0 Å². The second-order valence-electron chi connectivity index (χ2n) is 4.85. The molecule has 3 nitrogen and oxygen atoms in total. The maximum atomic E-state index is 13.5. The Balaban J connectivity index is 2.08. The summed E-state index contributed by atoms with van der Waals surface area (Å²) >= 11 is 4.85. The molecule has 5 heteroatoms. The summed E-state index contributed by atoms with van der Waals surface area (Å²) in [6.45, 7) is 3.38. The highest BCUT2D eigenvalue weighted by atomic mass is 32.1. The summed E-state index contributed by atoms with van der Waals surface area (Å²) in [6, 6.07) is 6.81. The van der Waals surface area contributed by atoms with Crippen molar-refractivity contribution in [1.82, 2.24) is 4.90 Å². The molecule has 0 saturated carbocycles. The topological polar surface area (TPSA) is 42.4 Å². The van der Waals surface area contributed by atoms with E-state index in [2.05, 4.69) is 4.90 Å². The fourth-order valence-corrected chi connectivity index (χ4v) is 2.25. The van der Waals surface area contributed by atoms with Crippen LogP contribution in [0, 0.1) is 12.7 Å². The number of rotatable bonds is 5. The van der Waals surface area contributed by atoms with Gasteiger partial charge in [-0.3, -0.25) is 4.90 Å². The van der Waals surface area contributed by atoms with Gasteiger partial charge in [0, 0.05) is 24.2 Å². The van der Waals surface area contributed by atoms with Crippen LogP contribution in [-0.2, 0) is 13.1 Å². The molecule has 0 amide bonds. The van der Waals surface area contributed by atoms with Crippen molar-refractivity contribution in [3.63, 3.8) is 0 Å². The number of furan rings is 1. The third-order valence-corrected chi connectivity index (χ3v) is 3.38. The number of nitrogens with zero attached hydrogens (tertiary/aromatic N) is 1. The van der Waals surface area contributed by atoms with Gasteiger partial charge in [0.05, 0.1) is 6.26 Å². The van der Waals surface area contributed by atoms with Crippen LogP contribution in [-0.4, -0.2) is 16.9 Å². The third kappa shape index (κ3) is 3.43. The largest absolute Gasteiger partial charge is 0.469 e. The van der Waals surface area contributed by atoms with Gasteiger partial charge in [0.15, 0.2) is 0 Å². The zero-order chi connectivity index (χ0) is 14.7. The lowest BCUT2D eigenvalue weighted by Gasteiger charge is -2.17. The molecule has 2 rings (SSSR count). The Bertz CT molecular complexity index is 624. The predicted molar refractivity (Wildman–Crippen MR) is 80.9 cm³/mol. The number of aryl methyl sites for hydroxylation is 1. The van der Waals surface area contributed by atoms with Gasteiger partial charge >= 0.3 is 0 Å². The highest BCUT2D eigenvalue weighted by Crippen LogP contribution is 2.15. The molecule has 0 aliphatic carbocycles.